The molecule has 0 fully saturated rings. The summed E-state index contributed by atoms with van der Waals surface area (Å²) in [5.74, 6) is -0.215. The van der Waals surface area contributed by atoms with Crippen molar-refractivity contribution in [2.75, 3.05) is 13.1 Å². The number of hydrogen-bond acceptors (Lipinski definition) is 2. The molecule has 0 radical (unpaired) electrons. The van der Waals surface area contributed by atoms with Crippen LogP contribution < -0.4 is 5.32 Å². The highest BCUT2D eigenvalue weighted by Gasteiger charge is 2.04. The number of halogens is 1. The van der Waals surface area contributed by atoms with Gasteiger partial charge in [-0.2, -0.15) is 0 Å². The van der Waals surface area contributed by atoms with Crippen molar-refractivity contribution in [3.8, 4) is 11.3 Å². The van der Waals surface area contributed by atoms with Crippen molar-refractivity contribution in [3.63, 3.8) is 0 Å². The van der Waals surface area contributed by atoms with E-state index in [9.17, 15) is 4.39 Å². The Bertz CT molecular complexity index is 462. The van der Waals surface area contributed by atoms with E-state index in [1.165, 1.54) is 12.1 Å². The molecule has 2 rings (SSSR count). The topological polar surface area (TPSA) is 29.9 Å². The molecule has 0 atom stereocenters. The van der Waals surface area contributed by atoms with Gasteiger partial charge in [0.2, 0.25) is 0 Å². The first-order valence-corrected chi connectivity index (χ1v) is 5.78. The number of nitrogens with one attached hydrogen (secondary N) is 1. The first-order chi connectivity index (χ1) is 8.31. The molecule has 90 valence electrons. The van der Waals surface area contributed by atoms with E-state index in [2.05, 4.69) is 21.8 Å². The number of hydrogen-bond donors (Lipinski definition) is 1. The van der Waals surface area contributed by atoms with Gasteiger partial charge in [0, 0.05) is 13.1 Å². The van der Waals surface area contributed by atoms with Gasteiger partial charge in [0.1, 0.15) is 5.82 Å². The van der Waals surface area contributed by atoms with Crippen molar-refractivity contribution >= 4 is 0 Å². The minimum atomic E-state index is -0.215. The van der Waals surface area contributed by atoms with E-state index in [4.69, 9.17) is 0 Å². The normalized spacial score (nSPS) is 10.7. The number of aromatic nitrogens is 2. The molecular weight excluding hydrogens is 217 g/mol. The Morgan fingerprint density at radius 3 is 2.76 bits per heavy atom. The van der Waals surface area contributed by atoms with Crippen molar-refractivity contribution in [2.24, 2.45) is 0 Å². The quantitative estimate of drug-likeness (QED) is 0.803. The second-order valence-corrected chi connectivity index (χ2v) is 3.83. The molecule has 0 saturated carbocycles. The summed E-state index contributed by atoms with van der Waals surface area (Å²) in [7, 11) is 0. The summed E-state index contributed by atoms with van der Waals surface area (Å²) in [5, 5.41) is 3.27. The SMILES string of the molecule is CCNCCn1cncc1-c1ccc(F)cc1. The Labute approximate surface area is 100 Å². The minimum absolute atomic E-state index is 0.215. The lowest BCUT2D eigenvalue weighted by Crippen LogP contribution is -2.19. The van der Waals surface area contributed by atoms with Crippen molar-refractivity contribution in [3.05, 3.63) is 42.6 Å². The monoisotopic (exact) mass is 233 g/mol. The molecule has 1 heterocycles. The van der Waals surface area contributed by atoms with Crippen LogP contribution in [-0.4, -0.2) is 22.6 Å². The van der Waals surface area contributed by atoms with Crippen LogP contribution in [-0.2, 0) is 6.54 Å². The standard InChI is InChI=1S/C13H16FN3/c1-2-15-7-8-17-10-16-9-13(17)11-3-5-12(14)6-4-11/h3-6,9-10,15H,2,7-8H2,1H3. The van der Waals surface area contributed by atoms with Gasteiger partial charge in [0.25, 0.3) is 0 Å². The van der Waals surface area contributed by atoms with Crippen LogP contribution in [0.25, 0.3) is 11.3 Å². The largest absolute Gasteiger partial charge is 0.329 e. The van der Waals surface area contributed by atoms with E-state index in [0.29, 0.717) is 0 Å². The molecule has 0 aliphatic heterocycles. The Hall–Kier alpha value is -1.68. The molecule has 0 unspecified atom stereocenters. The predicted octanol–water partition coefficient (Wildman–Crippen LogP) is 2.30. The molecule has 1 N–H and O–H groups in total. The molecule has 17 heavy (non-hydrogen) atoms. The van der Waals surface area contributed by atoms with Gasteiger partial charge in [0.15, 0.2) is 0 Å². The molecule has 3 nitrogen and oxygen atoms in total. The summed E-state index contributed by atoms with van der Waals surface area (Å²) in [6, 6.07) is 6.49. The van der Waals surface area contributed by atoms with E-state index in [1.54, 1.807) is 24.7 Å². The van der Waals surface area contributed by atoms with Crippen molar-refractivity contribution in [2.45, 2.75) is 13.5 Å². The molecular formula is C13H16FN3. The van der Waals surface area contributed by atoms with Crippen LogP contribution in [0.1, 0.15) is 6.92 Å². The number of likely N-dealkylation sites (N-methyl/N-ethyl adjacent to an activating group) is 1. The lowest BCUT2D eigenvalue weighted by atomic mass is 10.1. The van der Waals surface area contributed by atoms with Crippen molar-refractivity contribution in [1.29, 1.82) is 0 Å². The van der Waals surface area contributed by atoms with E-state index >= 15 is 0 Å². The zero-order valence-corrected chi connectivity index (χ0v) is 9.86. The molecule has 0 saturated heterocycles. The second-order valence-electron chi connectivity index (χ2n) is 3.83. The Balaban J connectivity index is 2.15. The highest BCUT2D eigenvalue weighted by molar-refractivity contribution is 5.58. The first-order valence-electron chi connectivity index (χ1n) is 5.78. The van der Waals surface area contributed by atoms with Gasteiger partial charge in [0.05, 0.1) is 18.2 Å². The maximum absolute atomic E-state index is 12.8. The fourth-order valence-corrected chi connectivity index (χ4v) is 1.74. The predicted molar refractivity (Wildman–Crippen MR) is 66.2 cm³/mol. The fraction of sp³-hybridized carbons (Fsp3) is 0.308. The third-order valence-electron chi connectivity index (χ3n) is 2.63. The summed E-state index contributed by atoms with van der Waals surface area (Å²) >= 11 is 0. The maximum Gasteiger partial charge on any atom is 0.123 e. The summed E-state index contributed by atoms with van der Waals surface area (Å²) in [5.41, 5.74) is 2.00. The first kappa shape index (κ1) is 11.8. The number of benzene rings is 1. The van der Waals surface area contributed by atoms with Gasteiger partial charge in [-0.3, -0.25) is 0 Å². The smallest absolute Gasteiger partial charge is 0.123 e. The van der Waals surface area contributed by atoms with Crippen molar-refractivity contribution in [1.82, 2.24) is 14.9 Å². The van der Waals surface area contributed by atoms with Crippen LogP contribution in [0.3, 0.4) is 0 Å². The second kappa shape index (κ2) is 5.59. The van der Waals surface area contributed by atoms with Gasteiger partial charge in [-0.15, -0.1) is 0 Å². The highest BCUT2D eigenvalue weighted by Crippen LogP contribution is 2.18. The molecule has 0 aliphatic rings. The molecule has 1 aromatic heterocycles. The fourth-order valence-electron chi connectivity index (χ4n) is 1.74. The van der Waals surface area contributed by atoms with Gasteiger partial charge in [-0.25, -0.2) is 9.37 Å². The molecule has 0 aliphatic carbocycles. The zero-order chi connectivity index (χ0) is 12.1. The Morgan fingerprint density at radius 2 is 2.06 bits per heavy atom. The third kappa shape index (κ3) is 2.91. The minimum Gasteiger partial charge on any atom is -0.329 e. The lowest BCUT2D eigenvalue weighted by molar-refractivity contribution is 0.616. The maximum atomic E-state index is 12.8. The lowest BCUT2D eigenvalue weighted by Gasteiger charge is -2.08. The summed E-state index contributed by atoms with van der Waals surface area (Å²) < 4.78 is 14.9. The molecule has 1 aromatic carbocycles. The third-order valence-corrected chi connectivity index (χ3v) is 2.63. The van der Waals surface area contributed by atoms with Gasteiger partial charge in [-0.05, 0) is 36.4 Å². The van der Waals surface area contributed by atoms with E-state index in [-0.39, 0.29) is 5.82 Å². The summed E-state index contributed by atoms with van der Waals surface area (Å²) in [6.45, 7) is 4.80. The Morgan fingerprint density at radius 1 is 1.29 bits per heavy atom. The van der Waals surface area contributed by atoms with Gasteiger partial charge >= 0.3 is 0 Å². The average Bonchev–Trinajstić information content (AvgIpc) is 2.79. The van der Waals surface area contributed by atoms with Crippen LogP contribution in [0.5, 0.6) is 0 Å². The van der Waals surface area contributed by atoms with E-state index < -0.39 is 0 Å². The Kier molecular flexibility index (Phi) is 3.88. The zero-order valence-electron chi connectivity index (χ0n) is 9.86. The molecule has 4 heteroatoms. The van der Waals surface area contributed by atoms with Crippen LogP contribution in [0.4, 0.5) is 4.39 Å². The number of rotatable bonds is 5. The average molecular weight is 233 g/mol. The molecule has 0 amide bonds. The van der Waals surface area contributed by atoms with Gasteiger partial charge in [-0.1, -0.05) is 6.92 Å². The van der Waals surface area contributed by atoms with Crippen molar-refractivity contribution < 1.29 is 4.39 Å². The highest BCUT2D eigenvalue weighted by atomic mass is 19.1. The van der Waals surface area contributed by atoms with Crippen LogP contribution >= 0.6 is 0 Å². The van der Waals surface area contributed by atoms with Crippen LogP contribution in [0.15, 0.2) is 36.8 Å². The number of nitrogens with zero attached hydrogens (tertiary/aromatic N) is 2. The van der Waals surface area contributed by atoms with Gasteiger partial charge < -0.3 is 9.88 Å². The number of imidazole rings is 1. The summed E-state index contributed by atoms with van der Waals surface area (Å²) in [6.07, 6.45) is 3.61. The molecule has 2 aromatic rings. The van der Waals surface area contributed by atoms with E-state index in [0.717, 1.165) is 30.9 Å². The van der Waals surface area contributed by atoms with Crippen LogP contribution in [0, 0.1) is 5.82 Å². The van der Waals surface area contributed by atoms with E-state index in [1.807, 2.05) is 0 Å². The van der Waals surface area contributed by atoms with Crippen LogP contribution in [0.2, 0.25) is 0 Å². The molecule has 0 spiro atoms. The summed E-state index contributed by atoms with van der Waals surface area (Å²) in [4.78, 5) is 4.14. The molecule has 0 bridgehead atoms.